The van der Waals surface area contributed by atoms with Gasteiger partial charge in [0, 0.05) is 0 Å². The van der Waals surface area contributed by atoms with Crippen LogP contribution in [-0.4, -0.2) is 22.6 Å². The molecule has 1 N–H and O–H groups in total. The van der Waals surface area contributed by atoms with Crippen LogP contribution in [0.5, 0.6) is 0 Å². The number of aliphatic carboxylic acids is 1. The summed E-state index contributed by atoms with van der Waals surface area (Å²) in [6, 6.07) is 0. The van der Waals surface area contributed by atoms with Gasteiger partial charge < -0.3 is 5.11 Å². The third kappa shape index (κ3) is 1.60. The van der Waals surface area contributed by atoms with Crippen molar-refractivity contribution in [3.8, 4) is 0 Å². The summed E-state index contributed by atoms with van der Waals surface area (Å²) in [5, 5.41) is 8.85. The van der Waals surface area contributed by atoms with E-state index < -0.39 is 5.97 Å². The van der Waals surface area contributed by atoms with E-state index in [1.165, 1.54) is 0 Å². The molecule has 0 aliphatic heterocycles. The van der Waals surface area contributed by atoms with Crippen molar-refractivity contribution in [3.05, 3.63) is 0 Å². The largest absolute Gasteiger partial charge is 0.481 e. The Morgan fingerprint density at radius 3 is 2.50 bits per heavy atom. The molecular formula is C9H16O2S. The zero-order valence-corrected chi connectivity index (χ0v) is 8.65. The van der Waals surface area contributed by atoms with Crippen LogP contribution in [0.3, 0.4) is 0 Å². The summed E-state index contributed by atoms with van der Waals surface area (Å²) in [6.45, 7) is 6.20. The second-order valence-electron chi connectivity index (χ2n) is 3.90. The molecule has 0 aromatic rings. The molecule has 0 radical (unpaired) electrons. The topological polar surface area (TPSA) is 37.3 Å². The van der Waals surface area contributed by atoms with E-state index >= 15 is 0 Å². The Morgan fingerprint density at radius 2 is 2.17 bits per heavy atom. The second kappa shape index (κ2) is 3.29. The first-order chi connectivity index (χ1) is 5.51. The second-order valence-corrected chi connectivity index (χ2v) is 5.22. The molecule has 1 rings (SSSR count). The van der Waals surface area contributed by atoms with Gasteiger partial charge in [-0.15, -0.1) is 0 Å². The summed E-state index contributed by atoms with van der Waals surface area (Å²) >= 11 is 1.84. The Kier molecular flexibility index (Phi) is 2.71. The zero-order valence-electron chi connectivity index (χ0n) is 7.83. The Labute approximate surface area is 77.7 Å². The lowest BCUT2D eigenvalue weighted by molar-refractivity contribution is -0.139. The average Bonchev–Trinajstić information content (AvgIpc) is 2.49. The smallest absolute Gasteiger partial charge is 0.307 e. The summed E-state index contributed by atoms with van der Waals surface area (Å²) in [7, 11) is 0. The molecule has 0 amide bonds. The number of hydrogen-bond donors (Lipinski definition) is 1. The fourth-order valence-corrected chi connectivity index (χ4v) is 2.90. The number of carboxylic acids is 1. The summed E-state index contributed by atoms with van der Waals surface area (Å²) in [6.07, 6.45) is 0. The van der Waals surface area contributed by atoms with Crippen molar-refractivity contribution in [2.24, 2.45) is 17.3 Å². The molecule has 1 saturated carbocycles. The Hall–Kier alpha value is -0.180. The van der Waals surface area contributed by atoms with E-state index in [1.807, 2.05) is 25.6 Å². The van der Waals surface area contributed by atoms with Gasteiger partial charge in [-0.25, -0.2) is 0 Å². The Bertz CT molecular complexity index is 189. The number of hydrogen-bond acceptors (Lipinski definition) is 2. The first kappa shape index (κ1) is 9.90. The first-order valence-electron chi connectivity index (χ1n) is 4.32. The van der Waals surface area contributed by atoms with E-state index in [0.717, 1.165) is 11.5 Å². The number of carbonyl (C=O) groups is 1. The number of thioether (sulfide) groups is 1. The molecule has 0 spiro atoms. The molecular weight excluding hydrogens is 172 g/mol. The standard InChI is InChI=1S/C9H16O2S/c1-4-12-5-6-7(8(10)11)9(6,2)3/h6-7H,4-5H2,1-3H3,(H,10,11)/t6-,7+/m0/s1. The molecule has 0 aromatic heterocycles. The third-order valence-corrected chi connectivity index (χ3v) is 3.82. The summed E-state index contributed by atoms with van der Waals surface area (Å²) in [5.74, 6) is 1.75. The highest BCUT2D eigenvalue weighted by molar-refractivity contribution is 7.99. The van der Waals surface area contributed by atoms with Crippen LogP contribution in [0, 0.1) is 17.3 Å². The van der Waals surface area contributed by atoms with E-state index in [0.29, 0.717) is 5.92 Å². The summed E-state index contributed by atoms with van der Waals surface area (Å²) in [4.78, 5) is 10.7. The van der Waals surface area contributed by atoms with Crippen LogP contribution in [0.15, 0.2) is 0 Å². The van der Waals surface area contributed by atoms with Gasteiger partial charge in [-0.2, -0.15) is 11.8 Å². The van der Waals surface area contributed by atoms with Gasteiger partial charge in [0.15, 0.2) is 0 Å². The predicted octanol–water partition coefficient (Wildman–Crippen LogP) is 2.10. The minimum absolute atomic E-state index is 0.0357. The van der Waals surface area contributed by atoms with E-state index in [2.05, 4.69) is 6.92 Å². The van der Waals surface area contributed by atoms with Crippen molar-refractivity contribution < 1.29 is 9.90 Å². The summed E-state index contributed by atoms with van der Waals surface area (Å²) < 4.78 is 0. The van der Waals surface area contributed by atoms with Gasteiger partial charge in [0.05, 0.1) is 5.92 Å². The van der Waals surface area contributed by atoms with Crippen molar-refractivity contribution in [1.29, 1.82) is 0 Å². The lowest BCUT2D eigenvalue weighted by Gasteiger charge is -1.99. The van der Waals surface area contributed by atoms with Gasteiger partial charge in [-0.1, -0.05) is 20.8 Å². The minimum atomic E-state index is -0.623. The van der Waals surface area contributed by atoms with Crippen LogP contribution in [0.2, 0.25) is 0 Å². The maximum absolute atomic E-state index is 10.7. The van der Waals surface area contributed by atoms with E-state index in [4.69, 9.17) is 5.11 Å². The quantitative estimate of drug-likeness (QED) is 0.734. The lowest BCUT2D eigenvalue weighted by Crippen LogP contribution is -2.03. The van der Waals surface area contributed by atoms with Gasteiger partial charge in [-0.3, -0.25) is 4.79 Å². The number of rotatable bonds is 4. The first-order valence-corrected chi connectivity index (χ1v) is 5.47. The van der Waals surface area contributed by atoms with Crippen molar-refractivity contribution in [2.45, 2.75) is 20.8 Å². The SMILES string of the molecule is CCSC[C@H]1[C@H](C(=O)O)C1(C)C. The van der Waals surface area contributed by atoms with Crippen LogP contribution >= 0.6 is 11.8 Å². The van der Waals surface area contributed by atoms with Crippen LogP contribution in [0.4, 0.5) is 0 Å². The van der Waals surface area contributed by atoms with E-state index in [-0.39, 0.29) is 11.3 Å². The molecule has 3 heteroatoms. The molecule has 1 aliphatic rings. The molecule has 0 unspecified atom stereocenters. The fourth-order valence-electron chi connectivity index (χ4n) is 1.79. The van der Waals surface area contributed by atoms with Gasteiger partial charge in [-0.05, 0) is 22.8 Å². The van der Waals surface area contributed by atoms with Crippen LogP contribution < -0.4 is 0 Å². The molecule has 0 bridgehead atoms. The molecule has 0 heterocycles. The maximum atomic E-state index is 10.7. The zero-order chi connectivity index (χ0) is 9.35. The normalized spacial score (nSPS) is 31.6. The molecule has 1 fully saturated rings. The van der Waals surface area contributed by atoms with Gasteiger partial charge in [0.2, 0.25) is 0 Å². The van der Waals surface area contributed by atoms with Crippen molar-refractivity contribution in [1.82, 2.24) is 0 Å². The highest BCUT2D eigenvalue weighted by atomic mass is 32.2. The maximum Gasteiger partial charge on any atom is 0.307 e. The minimum Gasteiger partial charge on any atom is -0.481 e. The van der Waals surface area contributed by atoms with Gasteiger partial charge in [0.1, 0.15) is 0 Å². The molecule has 0 saturated heterocycles. The summed E-state index contributed by atoms with van der Waals surface area (Å²) in [5.41, 5.74) is 0.0357. The van der Waals surface area contributed by atoms with E-state index in [9.17, 15) is 4.79 Å². The van der Waals surface area contributed by atoms with E-state index in [1.54, 1.807) is 0 Å². The van der Waals surface area contributed by atoms with Crippen molar-refractivity contribution >= 4 is 17.7 Å². The number of carboxylic acid groups (broad SMARTS) is 1. The highest BCUT2D eigenvalue weighted by Gasteiger charge is 2.61. The van der Waals surface area contributed by atoms with Gasteiger partial charge >= 0.3 is 5.97 Å². The lowest BCUT2D eigenvalue weighted by atomic mass is 10.1. The van der Waals surface area contributed by atoms with Crippen LogP contribution in [0.1, 0.15) is 20.8 Å². The van der Waals surface area contributed by atoms with Crippen molar-refractivity contribution in [3.63, 3.8) is 0 Å². The monoisotopic (exact) mass is 188 g/mol. The molecule has 70 valence electrons. The highest BCUT2D eigenvalue weighted by Crippen LogP contribution is 2.59. The Balaban J connectivity index is 2.43. The van der Waals surface area contributed by atoms with Crippen LogP contribution in [-0.2, 0) is 4.79 Å². The Morgan fingerprint density at radius 1 is 1.58 bits per heavy atom. The van der Waals surface area contributed by atoms with Gasteiger partial charge in [0.25, 0.3) is 0 Å². The average molecular weight is 188 g/mol. The molecule has 2 nitrogen and oxygen atoms in total. The molecule has 2 atom stereocenters. The van der Waals surface area contributed by atoms with Crippen molar-refractivity contribution in [2.75, 3.05) is 11.5 Å². The third-order valence-electron chi connectivity index (χ3n) is 2.82. The van der Waals surface area contributed by atoms with Crippen LogP contribution in [0.25, 0.3) is 0 Å². The fraction of sp³-hybridized carbons (Fsp3) is 0.889. The predicted molar refractivity (Wildman–Crippen MR) is 51.4 cm³/mol. The molecule has 1 aliphatic carbocycles. The molecule has 12 heavy (non-hydrogen) atoms. The molecule has 0 aromatic carbocycles.